The molecule has 2 atom stereocenters. The third-order valence-corrected chi connectivity index (χ3v) is 4.40. The van der Waals surface area contributed by atoms with Crippen LogP contribution in [0, 0.1) is 0 Å². The van der Waals surface area contributed by atoms with E-state index in [0.717, 1.165) is 12.8 Å². The van der Waals surface area contributed by atoms with Gasteiger partial charge in [-0.1, -0.05) is 24.3 Å². The third-order valence-electron chi connectivity index (χ3n) is 4.40. The first-order chi connectivity index (χ1) is 11.1. The fourth-order valence-corrected chi connectivity index (χ4v) is 3.23. The molecule has 0 saturated carbocycles. The molecule has 6 heteroatoms. The van der Waals surface area contributed by atoms with Crippen LogP contribution in [-0.4, -0.2) is 26.8 Å². The highest BCUT2D eigenvalue weighted by Gasteiger charge is 2.28. The second-order valence-electron chi connectivity index (χ2n) is 5.86. The first kappa shape index (κ1) is 15.3. The summed E-state index contributed by atoms with van der Waals surface area (Å²) in [5.41, 5.74) is 2.94. The highest BCUT2D eigenvalue weighted by molar-refractivity contribution is 5.84. The molecule has 0 fully saturated rings. The Bertz CT molecular complexity index is 738. The first-order valence-corrected chi connectivity index (χ1v) is 7.64. The number of amides is 1. The molecule has 2 unspecified atom stereocenters. The summed E-state index contributed by atoms with van der Waals surface area (Å²) in [4.78, 5) is 23.8. The van der Waals surface area contributed by atoms with Crippen molar-refractivity contribution < 1.29 is 14.7 Å². The van der Waals surface area contributed by atoms with Gasteiger partial charge in [-0.3, -0.25) is 9.48 Å². The molecule has 1 aliphatic rings. The molecule has 0 aliphatic heterocycles. The van der Waals surface area contributed by atoms with Crippen LogP contribution >= 0.6 is 0 Å². The maximum Gasteiger partial charge on any atom is 0.332 e. The molecule has 0 spiro atoms. The minimum absolute atomic E-state index is 0.159. The van der Waals surface area contributed by atoms with Crippen LogP contribution in [0.5, 0.6) is 0 Å². The molecule has 1 amide bonds. The summed E-state index contributed by atoms with van der Waals surface area (Å²) in [6, 6.07) is 8.64. The van der Waals surface area contributed by atoms with E-state index in [1.807, 2.05) is 12.1 Å². The highest BCUT2D eigenvalue weighted by Crippen LogP contribution is 2.35. The summed E-state index contributed by atoms with van der Waals surface area (Å²) in [5.74, 6) is -1.18. The smallest absolute Gasteiger partial charge is 0.332 e. The lowest BCUT2D eigenvalue weighted by Gasteiger charge is -2.17. The minimum Gasteiger partial charge on any atom is -0.479 e. The molecule has 2 aromatic rings. The van der Waals surface area contributed by atoms with E-state index in [1.165, 1.54) is 22.0 Å². The highest BCUT2D eigenvalue weighted by atomic mass is 16.4. The van der Waals surface area contributed by atoms with Crippen LogP contribution in [0.1, 0.15) is 41.6 Å². The van der Waals surface area contributed by atoms with E-state index < -0.39 is 12.0 Å². The molecule has 23 heavy (non-hydrogen) atoms. The number of hydrogen-bond acceptors (Lipinski definition) is 3. The van der Waals surface area contributed by atoms with Gasteiger partial charge >= 0.3 is 5.97 Å². The van der Waals surface area contributed by atoms with Gasteiger partial charge in [-0.2, -0.15) is 5.10 Å². The summed E-state index contributed by atoms with van der Waals surface area (Å²) in [7, 11) is 1.66. The maximum absolute atomic E-state index is 12.3. The first-order valence-electron chi connectivity index (χ1n) is 7.64. The van der Waals surface area contributed by atoms with Gasteiger partial charge in [0.05, 0.1) is 5.69 Å². The number of nitrogens with one attached hydrogen (secondary N) is 1. The standard InChI is InChI=1S/C17H19N3O3/c1-20-14(8-9-18-20)16(17(22)23)19-15(21)10-12-7-6-11-4-2-3-5-13(11)12/h2-5,8-9,12,16H,6-7,10H2,1H3,(H,19,21)(H,22,23). The van der Waals surface area contributed by atoms with Gasteiger partial charge in [0.15, 0.2) is 6.04 Å². The zero-order valence-corrected chi connectivity index (χ0v) is 12.9. The molecule has 1 aliphatic carbocycles. The van der Waals surface area contributed by atoms with Gasteiger partial charge in [0.1, 0.15) is 0 Å². The summed E-state index contributed by atoms with van der Waals surface area (Å²) in [6.07, 6.45) is 3.72. The van der Waals surface area contributed by atoms with E-state index >= 15 is 0 Å². The lowest BCUT2D eigenvalue weighted by Crippen LogP contribution is -2.35. The lowest BCUT2D eigenvalue weighted by atomic mass is 9.97. The van der Waals surface area contributed by atoms with Gasteiger partial charge in [0.2, 0.25) is 5.91 Å². The Hall–Kier alpha value is -2.63. The van der Waals surface area contributed by atoms with Gasteiger partial charge in [0.25, 0.3) is 0 Å². The van der Waals surface area contributed by atoms with E-state index in [9.17, 15) is 14.7 Å². The molecule has 0 radical (unpaired) electrons. The van der Waals surface area contributed by atoms with Crippen molar-refractivity contribution in [2.75, 3.05) is 0 Å². The monoisotopic (exact) mass is 313 g/mol. The van der Waals surface area contributed by atoms with Crippen LogP contribution in [-0.2, 0) is 23.1 Å². The molecule has 1 heterocycles. The van der Waals surface area contributed by atoms with Gasteiger partial charge < -0.3 is 10.4 Å². The number of aromatic nitrogens is 2. The van der Waals surface area contributed by atoms with Crippen molar-refractivity contribution in [3.63, 3.8) is 0 Å². The van der Waals surface area contributed by atoms with E-state index in [-0.39, 0.29) is 11.8 Å². The zero-order valence-electron chi connectivity index (χ0n) is 12.9. The van der Waals surface area contributed by atoms with Crippen molar-refractivity contribution in [2.45, 2.75) is 31.2 Å². The second kappa shape index (κ2) is 6.24. The van der Waals surface area contributed by atoms with Gasteiger partial charge in [-0.15, -0.1) is 0 Å². The zero-order chi connectivity index (χ0) is 16.4. The van der Waals surface area contributed by atoms with E-state index in [1.54, 1.807) is 13.1 Å². The minimum atomic E-state index is -1.09. The number of carboxylic acids is 1. The lowest BCUT2D eigenvalue weighted by molar-refractivity contribution is -0.142. The van der Waals surface area contributed by atoms with Gasteiger partial charge in [-0.05, 0) is 36.0 Å². The molecular formula is C17H19N3O3. The number of carbonyl (C=O) groups excluding carboxylic acids is 1. The van der Waals surface area contributed by atoms with E-state index in [0.29, 0.717) is 12.1 Å². The SMILES string of the molecule is Cn1nccc1C(NC(=O)CC1CCc2ccccc21)C(=O)O. The number of carbonyl (C=O) groups is 2. The molecule has 3 rings (SSSR count). The van der Waals surface area contributed by atoms with Crippen LogP contribution in [0.15, 0.2) is 36.5 Å². The topological polar surface area (TPSA) is 84.2 Å². The maximum atomic E-state index is 12.3. The van der Waals surface area contributed by atoms with Crippen LogP contribution in [0.3, 0.4) is 0 Å². The number of rotatable bonds is 5. The molecule has 120 valence electrons. The number of aryl methyl sites for hydroxylation is 2. The Morgan fingerprint density at radius 2 is 2.17 bits per heavy atom. The summed E-state index contributed by atoms with van der Waals surface area (Å²) < 4.78 is 1.46. The van der Waals surface area contributed by atoms with Crippen molar-refractivity contribution >= 4 is 11.9 Å². The largest absolute Gasteiger partial charge is 0.479 e. The van der Waals surface area contributed by atoms with Crippen molar-refractivity contribution in [3.05, 3.63) is 53.3 Å². The molecule has 2 N–H and O–H groups in total. The molecule has 1 aromatic carbocycles. The second-order valence-corrected chi connectivity index (χ2v) is 5.86. The Balaban J connectivity index is 1.69. The third kappa shape index (κ3) is 3.11. The van der Waals surface area contributed by atoms with Crippen molar-refractivity contribution in [1.82, 2.24) is 15.1 Å². The number of benzene rings is 1. The summed E-state index contributed by atoms with van der Waals surface area (Å²) in [5, 5.41) is 16.0. The van der Waals surface area contributed by atoms with Gasteiger partial charge in [0, 0.05) is 19.7 Å². The molecule has 0 saturated heterocycles. The Morgan fingerprint density at radius 3 is 2.87 bits per heavy atom. The average molecular weight is 313 g/mol. The number of nitrogens with zero attached hydrogens (tertiary/aromatic N) is 2. The summed E-state index contributed by atoms with van der Waals surface area (Å²) in [6.45, 7) is 0. The van der Waals surface area contributed by atoms with Crippen LogP contribution in [0.4, 0.5) is 0 Å². The molecule has 0 bridgehead atoms. The Kier molecular flexibility index (Phi) is 4.14. The van der Waals surface area contributed by atoms with E-state index in [2.05, 4.69) is 22.5 Å². The fourth-order valence-electron chi connectivity index (χ4n) is 3.23. The molecular weight excluding hydrogens is 294 g/mol. The quantitative estimate of drug-likeness (QED) is 0.881. The predicted octanol–water partition coefficient (Wildman–Crippen LogP) is 1.78. The number of hydrogen-bond donors (Lipinski definition) is 2. The number of aliphatic carboxylic acids is 1. The average Bonchev–Trinajstić information content (AvgIpc) is 3.12. The number of fused-ring (bicyclic) bond motifs is 1. The van der Waals surface area contributed by atoms with E-state index in [4.69, 9.17) is 0 Å². The Morgan fingerprint density at radius 1 is 1.39 bits per heavy atom. The number of carboxylic acid groups (broad SMARTS) is 1. The molecule has 1 aromatic heterocycles. The van der Waals surface area contributed by atoms with Crippen molar-refractivity contribution in [1.29, 1.82) is 0 Å². The molecule has 6 nitrogen and oxygen atoms in total. The Labute approximate surface area is 134 Å². The van der Waals surface area contributed by atoms with Crippen LogP contribution in [0.2, 0.25) is 0 Å². The normalized spacial score (nSPS) is 17.5. The van der Waals surface area contributed by atoms with Crippen molar-refractivity contribution in [2.24, 2.45) is 7.05 Å². The van der Waals surface area contributed by atoms with Crippen LogP contribution in [0.25, 0.3) is 0 Å². The summed E-state index contributed by atoms with van der Waals surface area (Å²) >= 11 is 0. The van der Waals surface area contributed by atoms with Crippen LogP contribution < -0.4 is 5.32 Å². The predicted molar refractivity (Wildman–Crippen MR) is 83.8 cm³/mol. The van der Waals surface area contributed by atoms with Gasteiger partial charge in [-0.25, -0.2) is 4.79 Å². The van der Waals surface area contributed by atoms with Crippen molar-refractivity contribution in [3.8, 4) is 0 Å². The fraction of sp³-hybridized carbons (Fsp3) is 0.353.